The molecule has 1 aromatic carbocycles. The number of oxazole rings is 1. The van der Waals surface area contributed by atoms with Gasteiger partial charge in [0, 0.05) is 38.0 Å². The van der Waals surface area contributed by atoms with Crippen molar-refractivity contribution in [1.29, 1.82) is 0 Å². The Hall–Kier alpha value is -3.25. The molecule has 0 aliphatic carbocycles. The largest absolute Gasteiger partial charge is 0.441 e. The fraction of sp³-hybridized carbons (Fsp3) is 0.333. The van der Waals surface area contributed by atoms with Crippen molar-refractivity contribution < 1.29 is 13.6 Å². The highest BCUT2D eigenvalue weighted by Gasteiger charge is 2.25. The van der Waals surface area contributed by atoms with Gasteiger partial charge in [0.1, 0.15) is 5.52 Å². The van der Waals surface area contributed by atoms with Gasteiger partial charge in [0.25, 0.3) is 5.91 Å². The van der Waals surface area contributed by atoms with Gasteiger partial charge in [-0.1, -0.05) is 32.1 Å². The van der Waals surface area contributed by atoms with E-state index in [1.165, 1.54) is 11.6 Å². The number of carbonyl (C=O) groups is 1. The standard InChI is InChI=1S/C27H28FN3O2/c1-4-30-11-9-19(10-12-30)20-6-8-22-7-5-17(2)23(15-26(32)31(22)16-20)21-13-24(28)27-25(14-21)33-18(3)29-27/h6-9,13-17H,4-5,10-12H2,1-3H3. The summed E-state index contributed by atoms with van der Waals surface area (Å²) < 4.78 is 20.3. The Labute approximate surface area is 193 Å². The summed E-state index contributed by atoms with van der Waals surface area (Å²) in [6.45, 7) is 8.93. The van der Waals surface area contributed by atoms with Gasteiger partial charge in [-0.2, -0.15) is 0 Å². The number of fused-ring (bicyclic) bond motifs is 2. The molecule has 1 aromatic heterocycles. The van der Waals surface area contributed by atoms with Crippen molar-refractivity contribution in [1.82, 2.24) is 14.8 Å². The molecule has 3 aliphatic heterocycles. The quantitative estimate of drug-likeness (QED) is 0.625. The van der Waals surface area contributed by atoms with Crippen LogP contribution in [0, 0.1) is 18.7 Å². The Morgan fingerprint density at radius 1 is 1.24 bits per heavy atom. The molecule has 1 atom stereocenters. The normalized spacial score (nSPS) is 21.8. The van der Waals surface area contributed by atoms with Crippen LogP contribution in [0.1, 0.15) is 38.1 Å². The first-order valence-electron chi connectivity index (χ1n) is 11.6. The van der Waals surface area contributed by atoms with E-state index in [0.29, 0.717) is 17.0 Å². The van der Waals surface area contributed by atoms with Gasteiger partial charge in [0.2, 0.25) is 0 Å². The fourth-order valence-corrected chi connectivity index (χ4v) is 4.72. The summed E-state index contributed by atoms with van der Waals surface area (Å²) in [5, 5.41) is 0. The molecule has 2 aromatic rings. The van der Waals surface area contributed by atoms with E-state index in [2.05, 4.69) is 42.0 Å². The number of aromatic nitrogens is 1. The molecule has 1 unspecified atom stereocenters. The van der Waals surface area contributed by atoms with Crippen molar-refractivity contribution in [2.24, 2.45) is 5.92 Å². The van der Waals surface area contributed by atoms with Crippen LogP contribution in [-0.2, 0) is 4.79 Å². The van der Waals surface area contributed by atoms with Gasteiger partial charge in [0.15, 0.2) is 17.3 Å². The number of hydrogen-bond acceptors (Lipinski definition) is 4. The van der Waals surface area contributed by atoms with E-state index in [1.54, 1.807) is 24.0 Å². The Morgan fingerprint density at radius 3 is 2.85 bits per heavy atom. The molecule has 0 fully saturated rings. The third-order valence-corrected chi connectivity index (χ3v) is 6.71. The molecule has 33 heavy (non-hydrogen) atoms. The van der Waals surface area contributed by atoms with Gasteiger partial charge < -0.3 is 4.42 Å². The predicted octanol–water partition coefficient (Wildman–Crippen LogP) is 5.52. The van der Waals surface area contributed by atoms with E-state index in [0.717, 1.165) is 49.3 Å². The van der Waals surface area contributed by atoms with Crippen LogP contribution >= 0.6 is 0 Å². The van der Waals surface area contributed by atoms with E-state index in [1.807, 2.05) is 12.3 Å². The third kappa shape index (κ3) is 4.11. The lowest BCUT2D eigenvalue weighted by Gasteiger charge is -2.30. The van der Waals surface area contributed by atoms with Gasteiger partial charge in [0.05, 0.1) is 0 Å². The van der Waals surface area contributed by atoms with Crippen molar-refractivity contribution in [3.8, 4) is 0 Å². The number of benzene rings is 1. The number of likely N-dealkylation sites (N-methyl/N-ethyl adjacent to an activating group) is 1. The van der Waals surface area contributed by atoms with Crippen LogP contribution < -0.4 is 0 Å². The summed E-state index contributed by atoms with van der Waals surface area (Å²) >= 11 is 0. The lowest BCUT2D eigenvalue weighted by atomic mass is 9.88. The van der Waals surface area contributed by atoms with Crippen molar-refractivity contribution in [3.05, 3.63) is 82.8 Å². The van der Waals surface area contributed by atoms with Crippen LogP contribution in [0.5, 0.6) is 0 Å². The second-order valence-corrected chi connectivity index (χ2v) is 8.90. The minimum Gasteiger partial charge on any atom is -0.441 e. The molecule has 0 saturated heterocycles. The molecule has 170 valence electrons. The molecular formula is C27H28FN3O2. The molecule has 0 saturated carbocycles. The van der Waals surface area contributed by atoms with Crippen LogP contribution in [0.4, 0.5) is 4.39 Å². The van der Waals surface area contributed by atoms with Gasteiger partial charge >= 0.3 is 0 Å². The number of rotatable bonds is 3. The average Bonchev–Trinajstić information content (AvgIpc) is 3.21. The topological polar surface area (TPSA) is 49.6 Å². The summed E-state index contributed by atoms with van der Waals surface area (Å²) in [4.78, 5) is 21.6. The summed E-state index contributed by atoms with van der Waals surface area (Å²) in [6, 6.07) is 3.24. The molecule has 3 aliphatic rings. The smallest absolute Gasteiger partial charge is 0.255 e. The Kier molecular flexibility index (Phi) is 5.62. The maximum atomic E-state index is 14.7. The van der Waals surface area contributed by atoms with Crippen LogP contribution in [0.2, 0.25) is 0 Å². The number of allylic oxidation sites excluding steroid dienone is 5. The van der Waals surface area contributed by atoms with E-state index >= 15 is 0 Å². The zero-order valence-electron chi connectivity index (χ0n) is 19.3. The maximum Gasteiger partial charge on any atom is 0.255 e. The van der Waals surface area contributed by atoms with Gasteiger partial charge in [-0.05, 0) is 65.8 Å². The van der Waals surface area contributed by atoms with Gasteiger partial charge in [-0.15, -0.1) is 0 Å². The van der Waals surface area contributed by atoms with E-state index in [-0.39, 0.29) is 17.3 Å². The second-order valence-electron chi connectivity index (χ2n) is 8.90. The summed E-state index contributed by atoms with van der Waals surface area (Å²) in [6.07, 6.45) is 13.8. The van der Waals surface area contributed by atoms with Crippen LogP contribution in [0.15, 0.2) is 70.0 Å². The Bertz CT molecular complexity index is 1280. The van der Waals surface area contributed by atoms with Crippen LogP contribution in [-0.4, -0.2) is 40.3 Å². The predicted molar refractivity (Wildman–Crippen MR) is 127 cm³/mol. The number of halogens is 1. The van der Waals surface area contributed by atoms with Gasteiger partial charge in [-0.3, -0.25) is 14.6 Å². The molecular weight excluding hydrogens is 417 g/mol. The van der Waals surface area contributed by atoms with Crippen LogP contribution in [0.25, 0.3) is 16.7 Å². The molecule has 0 spiro atoms. The monoisotopic (exact) mass is 445 g/mol. The molecule has 5 nitrogen and oxygen atoms in total. The number of aryl methyl sites for hydroxylation is 1. The highest BCUT2D eigenvalue weighted by Crippen LogP contribution is 2.34. The van der Waals surface area contributed by atoms with Crippen LogP contribution in [0.3, 0.4) is 0 Å². The lowest BCUT2D eigenvalue weighted by Crippen LogP contribution is -2.30. The number of carbonyl (C=O) groups excluding carboxylic acids is 1. The molecule has 0 N–H and O–H groups in total. The van der Waals surface area contributed by atoms with E-state index < -0.39 is 5.82 Å². The second kappa shape index (κ2) is 8.60. The number of hydrogen-bond donors (Lipinski definition) is 0. The Balaban J connectivity index is 1.49. The van der Waals surface area contributed by atoms with Crippen molar-refractivity contribution in [2.75, 3.05) is 19.6 Å². The minimum atomic E-state index is -0.438. The minimum absolute atomic E-state index is 0.0457. The highest BCUT2D eigenvalue weighted by molar-refractivity contribution is 5.98. The molecule has 5 rings (SSSR count). The third-order valence-electron chi connectivity index (χ3n) is 6.71. The first kappa shape index (κ1) is 21.6. The zero-order valence-corrected chi connectivity index (χ0v) is 19.3. The van der Waals surface area contributed by atoms with E-state index in [4.69, 9.17) is 4.42 Å². The highest BCUT2D eigenvalue weighted by atomic mass is 19.1. The lowest BCUT2D eigenvalue weighted by molar-refractivity contribution is -0.122. The summed E-state index contributed by atoms with van der Waals surface area (Å²) in [5.41, 5.74) is 5.30. The SMILES string of the molecule is CCN1CC=C(C2=CN3C(=O)C=C(c4cc(F)c5nc(C)oc5c4)C(C)CC=C3C=C2)CC1. The molecule has 0 bridgehead atoms. The first-order chi connectivity index (χ1) is 15.9. The van der Waals surface area contributed by atoms with Crippen molar-refractivity contribution in [2.45, 2.75) is 33.6 Å². The molecule has 6 heteroatoms. The molecule has 0 radical (unpaired) electrons. The molecule has 4 heterocycles. The summed E-state index contributed by atoms with van der Waals surface area (Å²) in [5.74, 6) is -0.109. The van der Waals surface area contributed by atoms with Crippen molar-refractivity contribution >= 4 is 22.6 Å². The number of amides is 1. The summed E-state index contributed by atoms with van der Waals surface area (Å²) in [7, 11) is 0. The zero-order chi connectivity index (χ0) is 23.1. The average molecular weight is 446 g/mol. The fourth-order valence-electron chi connectivity index (χ4n) is 4.72. The first-order valence-corrected chi connectivity index (χ1v) is 11.6. The van der Waals surface area contributed by atoms with Crippen molar-refractivity contribution in [3.63, 3.8) is 0 Å². The number of nitrogens with zero attached hydrogens (tertiary/aromatic N) is 3. The van der Waals surface area contributed by atoms with E-state index in [9.17, 15) is 9.18 Å². The maximum absolute atomic E-state index is 14.7. The van der Waals surface area contributed by atoms with Gasteiger partial charge in [-0.25, -0.2) is 9.37 Å². The molecule has 1 amide bonds. The Morgan fingerprint density at radius 2 is 2.09 bits per heavy atom.